The standard InChI is InChI=1S/C50H36N2/c1-4-19-41(20-5-1)51(42-21-6-2-7-22-42)44-33-29-38(30-34-44)47-26-12-17-40-18-13-27-48(50(40)47)39-31-35-45(36-32-39)52(43-23-8-3-9-24-43)49-28-14-16-37-15-10-11-25-46(37)49/h1-36H. The third kappa shape index (κ3) is 5.87. The summed E-state index contributed by atoms with van der Waals surface area (Å²) in [5.74, 6) is 0. The molecule has 0 N–H and O–H groups in total. The summed E-state index contributed by atoms with van der Waals surface area (Å²) >= 11 is 0. The van der Waals surface area contributed by atoms with E-state index in [2.05, 4.69) is 228 Å². The summed E-state index contributed by atoms with van der Waals surface area (Å²) in [6.45, 7) is 0. The average molecular weight is 665 g/mol. The number of fused-ring (bicyclic) bond motifs is 2. The topological polar surface area (TPSA) is 6.48 Å². The SMILES string of the molecule is c1ccc(N(c2ccccc2)c2ccc(-c3cccc4cccc(-c5ccc(N(c6ccccc6)c6cccc7ccccc67)cc5)c34)cc2)cc1. The smallest absolute Gasteiger partial charge is 0.0540 e. The summed E-state index contributed by atoms with van der Waals surface area (Å²) in [5, 5.41) is 4.92. The van der Waals surface area contributed by atoms with Crippen LogP contribution in [-0.4, -0.2) is 0 Å². The maximum Gasteiger partial charge on any atom is 0.0540 e. The zero-order chi connectivity index (χ0) is 34.7. The molecular weight excluding hydrogens is 629 g/mol. The molecule has 2 heteroatoms. The molecule has 0 atom stereocenters. The molecule has 0 bridgehead atoms. The van der Waals surface area contributed by atoms with Crippen LogP contribution >= 0.6 is 0 Å². The molecule has 0 aliphatic heterocycles. The van der Waals surface area contributed by atoms with Crippen LogP contribution < -0.4 is 9.80 Å². The van der Waals surface area contributed by atoms with Crippen LogP contribution in [0.3, 0.4) is 0 Å². The van der Waals surface area contributed by atoms with Crippen LogP contribution in [0, 0.1) is 0 Å². The molecule has 0 saturated carbocycles. The summed E-state index contributed by atoms with van der Waals surface area (Å²) in [5.41, 5.74) is 11.6. The minimum atomic E-state index is 1.11. The Morgan fingerprint density at radius 1 is 0.250 bits per heavy atom. The Hall–Kier alpha value is -6.90. The number of benzene rings is 9. The first-order valence-electron chi connectivity index (χ1n) is 17.8. The highest BCUT2D eigenvalue weighted by molar-refractivity contribution is 6.07. The number of hydrogen-bond acceptors (Lipinski definition) is 2. The molecule has 52 heavy (non-hydrogen) atoms. The van der Waals surface area contributed by atoms with Gasteiger partial charge in [-0.05, 0) is 105 Å². The van der Waals surface area contributed by atoms with E-state index < -0.39 is 0 Å². The Kier molecular flexibility index (Phi) is 8.24. The first kappa shape index (κ1) is 31.1. The van der Waals surface area contributed by atoms with Crippen LogP contribution in [0.2, 0.25) is 0 Å². The van der Waals surface area contributed by atoms with Gasteiger partial charge >= 0.3 is 0 Å². The average Bonchev–Trinajstić information content (AvgIpc) is 3.22. The van der Waals surface area contributed by atoms with E-state index >= 15 is 0 Å². The molecule has 0 spiro atoms. The molecule has 246 valence electrons. The summed E-state index contributed by atoms with van der Waals surface area (Å²) in [7, 11) is 0. The van der Waals surface area contributed by atoms with Gasteiger partial charge in [-0.1, -0.05) is 152 Å². The minimum absolute atomic E-state index is 1.11. The van der Waals surface area contributed by atoms with E-state index in [4.69, 9.17) is 0 Å². The second-order valence-electron chi connectivity index (χ2n) is 13.0. The monoisotopic (exact) mass is 664 g/mol. The molecule has 0 radical (unpaired) electrons. The first-order valence-corrected chi connectivity index (χ1v) is 17.8. The van der Waals surface area contributed by atoms with Crippen molar-refractivity contribution in [2.24, 2.45) is 0 Å². The first-order chi connectivity index (χ1) is 25.8. The molecule has 0 unspecified atom stereocenters. The third-order valence-electron chi connectivity index (χ3n) is 9.83. The highest BCUT2D eigenvalue weighted by Gasteiger charge is 2.17. The molecule has 9 aromatic rings. The number of para-hydroxylation sites is 3. The van der Waals surface area contributed by atoms with Gasteiger partial charge in [0.05, 0.1) is 5.69 Å². The Labute approximate surface area is 305 Å². The predicted molar refractivity (Wildman–Crippen MR) is 222 cm³/mol. The highest BCUT2D eigenvalue weighted by atomic mass is 15.1. The molecule has 0 saturated heterocycles. The Morgan fingerprint density at radius 2 is 0.635 bits per heavy atom. The van der Waals surface area contributed by atoms with E-state index in [1.807, 2.05) is 0 Å². The number of rotatable bonds is 8. The van der Waals surface area contributed by atoms with E-state index in [-0.39, 0.29) is 0 Å². The Morgan fingerprint density at radius 3 is 1.17 bits per heavy atom. The van der Waals surface area contributed by atoms with Crippen molar-refractivity contribution in [1.29, 1.82) is 0 Å². The minimum Gasteiger partial charge on any atom is -0.311 e. The maximum absolute atomic E-state index is 2.36. The van der Waals surface area contributed by atoms with Crippen molar-refractivity contribution in [3.8, 4) is 22.3 Å². The molecule has 0 heterocycles. The quantitative estimate of drug-likeness (QED) is 0.159. The largest absolute Gasteiger partial charge is 0.311 e. The van der Waals surface area contributed by atoms with Gasteiger partial charge in [-0.2, -0.15) is 0 Å². The van der Waals surface area contributed by atoms with E-state index in [9.17, 15) is 0 Å². The normalized spacial score (nSPS) is 11.1. The second-order valence-corrected chi connectivity index (χ2v) is 13.0. The Balaban J connectivity index is 1.11. The predicted octanol–water partition coefficient (Wildman–Crippen LogP) is 14.3. The number of hydrogen-bond donors (Lipinski definition) is 0. The summed E-state index contributed by atoms with van der Waals surface area (Å²) in [6, 6.07) is 78.2. The lowest BCUT2D eigenvalue weighted by molar-refractivity contribution is 1.28. The van der Waals surface area contributed by atoms with Crippen LogP contribution in [0.5, 0.6) is 0 Å². The van der Waals surface area contributed by atoms with E-state index in [0.29, 0.717) is 0 Å². The van der Waals surface area contributed by atoms with Crippen molar-refractivity contribution in [1.82, 2.24) is 0 Å². The summed E-state index contributed by atoms with van der Waals surface area (Å²) in [4.78, 5) is 4.66. The van der Waals surface area contributed by atoms with Gasteiger partial charge in [0.1, 0.15) is 0 Å². The third-order valence-corrected chi connectivity index (χ3v) is 9.83. The van der Waals surface area contributed by atoms with Crippen molar-refractivity contribution >= 4 is 55.7 Å². The molecule has 0 aliphatic carbocycles. The maximum atomic E-state index is 2.36. The van der Waals surface area contributed by atoms with Gasteiger partial charge in [-0.25, -0.2) is 0 Å². The van der Waals surface area contributed by atoms with Gasteiger partial charge in [-0.3, -0.25) is 0 Å². The van der Waals surface area contributed by atoms with Gasteiger partial charge in [0.2, 0.25) is 0 Å². The van der Waals surface area contributed by atoms with E-state index in [1.165, 1.54) is 43.8 Å². The van der Waals surface area contributed by atoms with Crippen molar-refractivity contribution < 1.29 is 0 Å². The summed E-state index contributed by atoms with van der Waals surface area (Å²) < 4.78 is 0. The molecule has 2 nitrogen and oxygen atoms in total. The van der Waals surface area contributed by atoms with E-state index in [1.54, 1.807) is 0 Å². The van der Waals surface area contributed by atoms with Crippen molar-refractivity contribution in [3.63, 3.8) is 0 Å². The fourth-order valence-electron chi connectivity index (χ4n) is 7.41. The zero-order valence-electron chi connectivity index (χ0n) is 28.7. The van der Waals surface area contributed by atoms with Crippen LogP contribution in [-0.2, 0) is 0 Å². The molecule has 0 amide bonds. The van der Waals surface area contributed by atoms with Gasteiger partial charge < -0.3 is 9.80 Å². The van der Waals surface area contributed by atoms with E-state index in [0.717, 1.165) is 34.1 Å². The van der Waals surface area contributed by atoms with Crippen molar-refractivity contribution in [2.75, 3.05) is 9.80 Å². The van der Waals surface area contributed by atoms with Crippen LogP contribution in [0.4, 0.5) is 34.1 Å². The van der Waals surface area contributed by atoms with Gasteiger partial charge in [0, 0.05) is 33.8 Å². The molecule has 0 aliphatic rings. The van der Waals surface area contributed by atoms with Gasteiger partial charge in [0.15, 0.2) is 0 Å². The van der Waals surface area contributed by atoms with Gasteiger partial charge in [0.25, 0.3) is 0 Å². The molecule has 9 rings (SSSR count). The number of anilines is 6. The Bertz CT molecular complexity index is 2550. The highest BCUT2D eigenvalue weighted by Crippen LogP contribution is 2.42. The van der Waals surface area contributed by atoms with Crippen LogP contribution in [0.15, 0.2) is 218 Å². The summed E-state index contributed by atoms with van der Waals surface area (Å²) in [6.07, 6.45) is 0. The van der Waals surface area contributed by atoms with Crippen LogP contribution in [0.1, 0.15) is 0 Å². The molecule has 9 aromatic carbocycles. The lowest BCUT2D eigenvalue weighted by Gasteiger charge is -2.27. The molecular formula is C50H36N2. The van der Waals surface area contributed by atoms with Gasteiger partial charge in [-0.15, -0.1) is 0 Å². The lowest BCUT2D eigenvalue weighted by Crippen LogP contribution is -2.10. The van der Waals surface area contributed by atoms with Crippen LogP contribution in [0.25, 0.3) is 43.8 Å². The zero-order valence-corrected chi connectivity index (χ0v) is 28.7. The lowest BCUT2D eigenvalue weighted by atomic mass is 9.91. The van der Waals surface area contributed by atoms with Crippen molar-refractivity contribution in [2.45, 2.75) is 0 Å². The second kappa shape index (κ2) is 13.8. The number of nitrogens with zero attached hydrogens (tertiary/aromatic N) is 2. The fraction of sp³-hybridized carbons (Fsp3) is 0. The fourth-order valence-corrected chi connectivity index (χ4v) is 7.41. The van der Waals surface area contributed by atoms with Crippen molar-refractivity contribution in [3.05, 3.63) is 218 Å². The molecule has 0 fully saturated rings. The molecule has 0 aromatic heterocycles.